The second-order valence-electron chi connectivity index (χ2n) is 8.99. The second kappa shape index (κ2) is 12.2. The van der Waals surface area contributed by atoms with Crippen LogP contribution in [0.2, 0.25) is 0 Å². The minimum Gasteiger partial charge on any atom is -0.496 e. The standard InChI is InChI=1S/C29H32N2O5S/c1-35-24-10-6-11-25(36-2)26(24)21-14-12-20(13-15-21)18-23(27(32)33)31-28(34)29(16-7-17-30-19-29)37-22-8-4-3-5-9-22/h3-6,8-15,23,30H,7,16-19H2,1-2H3,(H,31,34)(H,32,33)/t23-,29?/m0/s1. The number of ether oxygens (including phenoxy) is 2. The van der Waals surface area contributed by atoms with E-state index in [2.05, 4.69) is 10.6 Å². The van der Waals surface area contributed by atoms with Crippen LogP contribution in [0.15, 0.2) is 77.7 Å². The lowest BCUT2D eigenvalue weighted by Crippen LogP contribution is -2.57. The average Bonchev–Trinajstić information content (AvgIpc) is 2.93. The fourth-order valence-corrected chi connectivity index (χ4v) is 5.90. The molecule has 3 aromatic carbocycles. The van der Waals surface area contributed by atoms with Gasteiger partial charge in [-0.3, -0.25) is 4.79 Å². The molecule has 0 aromatic heterocycles. The van der Waals surface area contributed by atoms with E-state index in [0.717, 1.165) is 34.6 Å². The Hall–Kier alpha value is -3.49. The Kier molecular flexibility index (Phi) is 8.74. The number of carboxylic acids is 1. The van der Waals surface area contributed by atoms with Crippen LogP contribution in [0, 0.1) is 0 Å². The van der Waals surface area contributed by atoms with Crippen molar-refractivity contribution in [1.82, 2.24) is 10.6 Å². The zero-order valence-corrected chi connectivity index (χ0v) is 21.8. The number of methoxy groups -OCH3 is 2. The van der Waals surface area contributed by atoms with Crippen molar-refractivity contribution >= 4 is 23.6 Å². The predicted octanol–water partition coefficient (Wildman–Crippen LogP) is 4.40. The van der Waals surface area contributed by atoms with E-state index >= 15 is 0 Å². The summed E-state index contributed by atoms with van der Waals surface area (Å²) in [6.07, 6.45) is 1.69. The maximum atomic E-state index is 13.5. The van der Waals surface area contributed by atoms with Gasteiger partial charge in [0.1, 0.15) is 22.3 Å². The van der Waals surface area contributed by atoms with Gasteiger partial charge in [-0.25, -0.2) is 4.79 Å². The van der Waals surface area contributed by atoms with Gasteiger partial charge in [0.15, 0.2) is 0 Å². The van der Waals surface area contributed by atoms with Crippen molar-refractivity contribution in [3.8, 4) is 22.6 Å². The third-order valence-electron chi connectivity index (χ3n) is 6.53. The smallest absolute Gasteiger partial charge is 0.326 e. The maximum absolute atomic E-state index is 13.5. The Labute approximate surface area is 221 Å². The molecule has 0 bridgehead atoms. The van der Waals surface area contributed by atoms with Crippen molar-refractivity contribution in [1.29, 1.82) is 0 Å². The molecule has 0 aliphatic carbocycles. The molecule has 4 rings (SSSR count). The third-order valence-corrected chi connectivity index (χ3v) is 7.96. The van der Waals surface area contributed by atoms with Gasteiger partial charge >= 0.3 is 5.97 Å². The normalized spacial score (nSPS) is 18.0. The molecule has 0 saturated carbocycles. The first-order valence-corrected chi connectivity index (χ1v) is 13.1. The summed E-state index contributed by atoms with van der Waals surface area (Å²) in [6, 6.07) is 21.9. The SMILES string of the molecule is COc1cccc(OC)c1-c1ccc(C[C@H](NC(=O)C2(Sc3ccccc3)CCCNC2)C(=O)O)cc1. The van der Waals surface area contributed by atoms with Crippen LogP contribution in [0.4, 0.5) is 0 Å². The van der Waals surface area contributed by atoms with E-state index in [0.29, 0.717) is 24.5 Å². The molecule has 37 heavy (non-hydrogen) atoms. The number of nitrogens with one attached hydrogen (secondary N) is 2. The summed E-state index contributed by atoms with van der Waals surface area (Å²) in [5, 5.41) is 16.1. The Morgan fingerprint density at radius 2 is 1.68 bits per heavy atom. The van der Waals surface area contributed by atoms with Gasteiger partial charge in [-0.2, -0.15) is 0 Å². The van der Waals surface area contributed by atoms with Crippen LogP contribution >= 0.6 is 11.8 Å². The average molecular weight is 521 g/mol. The van der Waals surface area contributed by atoms with Crippen LogP contribution in [0.5, 0.6) is 11.5 Å². The molecule has 3 N–H and O–H groups in total. The van der Waals surface area contributed by atoms with Crippen molar-refractivity contribution in [3.63, 3.8) is 0 Å². The van der Waals surface area contributed by atoms with Crippen molar-refractivity contribution in [3.05, 3.63) is 78.4 Å². The molecule has 2 atom stereocenters. The summed E-state index contributed by atoms with van der Waals surface area (Å²) in [5.74, 6) is 0.0546. The first kappa shape index (κ1) is 26.6. The van der Waals surface area contributed by atoms with Crippen molar-refractivity contribution in [2.75, 3.05) is 27.3 Å². The topological polar surface area (TPSA) is 96.9 Å². The third kappa shape index (κ3) is 6.26. The molecule has 3 aromatic rings. The molecule has 1 unspecified atom stereocenters. The molecule has 0 spiro atoms. The largest absolute Gasteiger partial charge is 0.496 e. The predicted molar refractivity (Wildman–Crippen MR) is 145 cm³/mol. The minimum absolute atomic E-state index is 0.171. The van der Waals surface area contributed by atoms with E-state index in [4.69, 9.17) is 9.47 Å². The number of carbonyl (C=O) groups is 2. The molecular formula is C29H32N2O5S. The van der Waals surface area contributed by atoms with E-state index < -0.39 is 16.8 Å². The summed E-state index contributed by atoms with van der Waals surface area (Å²) in [7, 11) is 3.22. The Morgan fingerprint density at radius 1 is 1.00 bits per heavy atom. The zero-order chi connectivity index (χ0) is 26.3. The van der Waals surface area contributed by atoms with Gasteiger partial charge < -0.3 is 25.2 Å². The van der Waals surface area contributed by atoms with Crippen LogP contribution in [0.3, 0.4) is 0 Å². The van der Waals surface area contributed by atoms with Gasteiger partial charge in [0, 0.05) is 17.9 Å². The summed E-state index contributed by atoms with van der Waals surface area (Å²) < 4.78 is 10.3. The maximum Gasteiger partial charge on any atom is 0.326 e. The quantitative estimate of drug-likeness (QED) is 0.365. The number of hydrogen-bond acceptors (Lipinski definition) is 6. The Morgan fingerprint density at radius 3 is 2.24 bits per heavy atom. The molecule has 1 aliphatic heterocycles. The lowest BCUT2D eigenvalue weighted by Gasteiger charge is -2.36. The number of carboxylic acid groups (broad SMARTS) is 1. The molecule has 1 amide bonds. The van der Waals surface area contributed by atoms with E-state index in [1.807, 2.05) is 72.8 Å². The van der Waals surface area contributed by atoms with Crippen molar-refractivity contribution in [2.24, 2.45) is 0 Å². The number of piperidine rings is 1. The van der Waals surface area contributed by atoms with Crippen LogP contribution in [-0.4, -0.2) is 55.1 Å². The first-order chi connectivity index (χ1) is 18.0. The molecule has 1 saturated heterocycles. The van der Waals surface area contributed by atoms with Gasteiger partial charge in [0.2, 0.25) is 5.91 Å². The summed E-state index contributed by atoms with van der Waals surface area (Å²) in [4.78, 5) is 26.7. The van der Waals surface area contributed by atoms with Crippen molar-refractivity contribution < 1.29 is 24.2 Å². The zero-order valence-electron chi connectivity index (χ0n) is 21.0. The van der Waals surface area contributed by atoms with Gasteiger partial charge in [-0.15, -0.1) is 11.8 Å². The lowest BCUT2D eigenvalue weighted by atomic mass is 9.96. The molecule has 8 heteroatoms. The van der Waals surface area contributed by atoms with E-state index in [9.17, 15) is 14.7 Å². The lowest BCUT2D eigenvalue weighted by molar-refractivity contribution is -0.142. The minimum atomic E-state index is -1.06. The van der Waals surface area contributed by atoms with E-state index in [-0.39, 0.29) is 12.3 Å². The highest BCUT2D eigenvalue weighted by molar-refractivity contribution is 8.01. The van der Waals surface area contributed by atoms with Crippen molar-refractivity contribution in [2.45, 2.75) is 34.9 Å². The number of thioether (sulfide) groups is 1. The van der Waals surface area contributed by atoms with Crippen LogP contribution < -0.4 is 20.1 Å². The Balaban J connectivity index is 1.52. The summed E-state index contributed by atoms with van der Waals surface area (Å²) >= 11 is 1.50. The number of benzene rings is 3. The van der Waals surface area contributed by atoms with Gasteiger partial charge in [0.25, 0.3) is 0 Å². The van der Waals surface area contributed by atoms with E-state index in [1.165, 1.54) is 11.8 Å². The monoisotopic (exact) mass is 520 g/mol. The Bertz CT molecular complexity index is 1190. The molecule has 0 radical (unpaired) electrons. The molecule has 1 aliphatic rings. The van der Waals surface area contributed by atoms with Gasteiger partial charge in [-0.1, -0.05) is 48.5 Å². The number of amides is 1. The number of aliphatic carboxylic acids is 1. The van der Waals surface area contributed by atoms with Gasteiger partial charge in [0.05, 0.1) is 19.8 Å². The fourth-order valence-electron chi connectivity index (χ4n) is 4.59. The fraction of sp³-hybridized carbons (Fsp3) is 0.310. The molecule has 194 valence electrons. The number of carbonyl (C=O) groups excluding carboxylic acids is 1. The number of hydrogen-bond donors (Lipinski definition) is 3. The highest BCUT2D eigenvalue weighted by atomic mass is 32.2. The molecular weight excluding hydrogens is 488 g/mol. The van der Waals surface area contributed by atoms with Crippen LogP contribution in [0.1, 0.15) is 18.4 Å². The molecule has 1 heterocycles. The number of rotatable bonds is 10. The summed E-state index contributed by atoms with van der Waals surface area (Å²) in [6.45, 7) is 1.33. The summed E-state index contributed by atoms with van der Waals surface area (Å²) in [5.41, 5.74) is 2.52. The van der Waals surface area contributed by atoms with Crippen LogP contribution in [0.25, 0.3) is 11.1 Å². The second-order valence-corrected chi connectivity index (χ2v) is 10.4. The molecule has 7 nitrogen and oxygen atoms in total. The van der Waals surface area contributed by atoms with E-state index in [1.54, 1.807) is 14.2 Å². The van der Waals surface area contributed by atoms with Gasteiger partial charge in [-0.05, 0) is 54.8 Å². The van der Waals surface area contributed by atoms with Crippen LogP contribution in [-0.2, 0) is 16.0 Å². The highest BCUT2D eigenvalue weighted by Crippen LogP contribution is 2.39. The highest BCUT2D eigenvalue weighted by Gasteiger charge is 2.42. The molecule has 1 fully saturated rings. The first-order valence-electron chi connectivity index (χ1n) is 12.2.